The highest BCUT2D eigenvalue weighted by Gasteiger charge is 2.31. The zero-order valence-electron chi connectivity index (χ0n) is 10.6. The van der Waals surface area contributed by atoms with E-state index in [-0.39, 0.29) is 11.4 Å². The molecule has 1 aromatic carbocycles. The van der Waals surface area contributed by atoms with Crippen molar-refractivity contribution in [3.63, 3.8) is 0 Å². The molecule has 0 heterocycles. The van der Waals surface area contributed by atoms with Gasteiger partial charge in [0.2, 0.25) is 0 Å². The van der Waals surface area contributed by atoms with Gasteiger partial charge in [-0.3, -0.25) is 0 Å². The average Bonchev–Trinajstić information content (AvgIpc) is 2.29. The maximum Gasteiger partial charge on any atom is 0.123 e. The molecule has 0 spiro atoms. The number of benzene rings is 1. The summed E-state index contributed by atoms with van der Waals surface area (Å²) in [7, 11) is 0. The van der Waals surface area contributed by atoms with Crippen molar-refractivity contribution in [1.82, 2.24) is 0 Å². The molecular weight excluding hydrogens is 213 g/mol. The van der Waals surface area contributed by atoms with E-state index in [1.807, 2.05) is 6.07 Å². The third kappa shape index (κ3) is 3.29. The van der Waals surface area contributed by atoms with E-state index < -0.39 is 0 Å². The molecule has 1 aromatic rings. The first-order valence-electron chi connectivity index (χ1n) is 6.61. The summed E-state index contributed by atoms with van der Waals surface area (Å²) >= 11 is 0. The van der Waals surface area contributed by atoms with E-state index in [1.165, 1.54) is 38.2 Å². The van der Waals surface area contributed by atoms with Crippen LogP contribution in [0.25, 0.3) is 0 Å². The molecular formula is C15H22FN. The minimum Gasteiger partial charge on any atom is -0.325 e. The highest BCUT2D eigenvalue weighted by molar-refractivity contribution is 5.19. The highest BCUT2D eigenvalue weighted by atomic mass is 19.1. The van der Waals surface area contributed by atoms with E-state index in [4.69, 9.17) is 5.73 Å². The van der Waals surface area contributed by atoms with Crippen LogP contribution >= 0.6 is 0 Å². The van der Waals surface area contributed by atoms with Crippen molar-refractivity contribution in [3.8, 4) is 0 Å². The molecule has 17 heavy (non-hydrogen) atoms. The third-order valence-electron chi connectivity index (χ3n) is 4.01. The number of halogens is 1. The van der Waals surface area contributed by atoms with Crippen molar-refractivity contribution in [2.24, 2.45) is 11.7 Å². The smallest absolute Gasteiger partial charge is 0.123 e. The van der Waals surface area contributed by atoms with E-state index in [0.29, 0.717) is 5.92 Å². The lowest BCUT2D eigenvalue weighted by Crippen LogP contribution is -2.47. The van der Waals surface area contributed by atoms with E-state index in [0.717, 1.165) is 12.0 Å². The molecule has 2 rings (SSSR count). The molecule has 0 saturated heterocycles. The molecule has 1 fully saturated rings. The Hall–Kier alpha value is -0.890. The van der Waals surface area contributed by atoms with Gasteiger partial charge in [-0.15, -0.1) is 0 Å². The summed E-state index contributed by atoms with van der Waals surface area (Å²) < 4.78 is 13.1. The summed E-state index contributed by atoms with van der Waals surface area (Å²) in [5.74, 6) is 0.418. The Morgan fingerprint density at radius 3 is 2.65 bits per heavy atom. The predicted molar refractivity (Wildman–Crippen MR) is 69.3 cm³/mol. The summed E-state index contributed by atoms with van der Waals surface area (Å²) in [6, 6.07) is 6.82. The summed E-state index contributed by atoms with van der Waals surface area (Å²) in [6.45, 7) is 2.12. The van der Waals surface area contributed by atoms with Crippen LogP contribution in [0.2, 0.25) is 0 Å². The zero-order chi connectivity index (χ0) is 12.3. The second-order valence-electron chi connectivity index (χ2n) is 5.65. The van der Waals surface area contributed by atoms with Gasteiger partial charge in [0.15, 0.2) is 0 Å². The Bertz CT molecular complexity index is 367. The normalized spacial score (nSPS) is 21.1. The maximum atomic E-state index is 13.1. The molecule has 1 atom stereocenters. The molecule has 1 unspecified atom stereocenters. The molecule has 0 aliphatic heterocycles. The fourth-order valence-corrected chi connectivity index (χ4v) is 2.99. The van der Waals surface area contributed by atoms with Crippen LogP contribution in [0.4, 0.5) is 4.39 Å². The van der Waals surface area contributed by atoms with Gasteiger partial charge in [-0.2, -0.15) is 0 Å². The Labute approximate surface area is 103 Å². The van der Waals surface area contributed by atoms with E-state index in [1.54, 1.807) is 12.1 Å². The molecule has 94 valence electrons. The van der Waals surface area contributed by atoms with Gasteiger partial charge >= 0.3 is 0 Å². The predicted octanol–water partition coefficient (Wildman–Crippen LogP) is 3.67. The molecule has 1 saturated carbocycles. The van der Waals surface area contributed by atoms with Gasteiger partial charge in [0.25, 0.3) is 0 Å². The van der Waals surface area contributed by atoms with Crippen LogP contribution in [0.15, 0.2) is 24.3 Å². The van der Waals surface area contributed by atoms with Crippen LogP contribution in [-0.2, 0) is 6.42 Å². The Morgan fingerprint density at radius 2 is 2.00 bits per heavy atom. The first-order chi connectivity index (χ1) is 8.08. The van der Waals surface area contributed by atoms with Crippen molar-refractivity contribution >= 4 is 0 Å². The molecule has 2 N–H and O–H groups in total. The van der Waals surface area contributed by atoms with Gasteiger partial charge in [-0.1, -0.05) is 31.4 Å². The minimum absolute atomic E-state index is 0.165. The van der Waals surface area contributed by atoms with Gasteiger partial charge < -0.3 is 5.73 Å². The van der Waals surface area contributed by atoms with Crippen LogP contribution in [0.5, 0.6) is 0 Å². The fourth-order valence-electron chi connectivity index (χ4n) is 2.99. The van der Waals surface area contributed by atoms with Crippen molar-refractivity contribution in [1.29, 1.82) is 0 Å². The standard InChI is InChI=1S/C15H22FN/c1-15(17,13-7-3-2-4-8-13)11-12-6-5-9-14(16)10-12/h5-6,9-10,13H,2-4,7-8,11,17H2,1H3. The Morgan fingerprint density at radius 1 is 1.29 bits per heavy atom. The van der Waals surface area contributed by atoms with Crippen LogP contribution in [0.1, 0.15) is 44.6 Å². The van der Waals surface area contributed by atoms with Gasteiger partial charge in [-0.05, 0) is 49.8 Å². The summed E-state index contributed by atoms with van der Waals surface area (Å²) in [4.78, 5) is 0. The maximum absolute atomic E-state index is 13.1. The van der Waals surface area contributed by atoms with Gasteiger partial charge in [0.05, 0.1) is 0 Å². The lowest BCUT2D eigenvalue weighted by Gasteiger charge is -2.37. The lowest BCUT2D eigenvalue weighted by atomic mass is 9.73. The second kappa shape index (κ2) is 5.18. The van der Waals surface area contributed by atoms with Gasteiger partial charge in [0, 0.05) is 5.54 Å². The lowest BCUT2D eigenvalue weighted by molar-refractivity contribution is 0.221. The topological polar surface area (TPSA) is 26.0 Å². The zero-order valence-corrected chi connectivity index (χ0v) is 10.6. The Balaban J connectivity index is 2.05. The van der Waals surface area contributed by atoms with E-state index >= 15 is 0 Å². The van der Waals surface area contributed by atoms with Crippen LogP contribution in [0, 0.1) is 11.7 Å². The van der Waals surface area contributed by atoms with Crippen molar-refractivity contribution < 1.29 is 4.39 Å². The van der Waals surface area contributed by atoms with E-state index in [9.17, 15) is 4.39 Å². The van der Waals surface area contributed by atoms with Crippen LogP contribution < -0.4 is 5.73 Å². The first kappa shape index (κ1) is 12.6. The molecule has 1 aliphatic rings. The first-order valence-corrected chi connectivity index (χ1v) is 6.61. The fraction of sp³-hybridized carbons (Fsp3) is 0.600. The highest BCUT2D eigenvalue weighted by Crippen LogP contribution is 2.33. The quantitative estimate of drug-likeness (QED) is 0.850. The largest absolute Gasteiger partial charge is 0.325 e. The van der Waals surface area contributed by atoms with Crippen LogP contribution in [0.3, 0.4) is 0 Å². The summed E-state index contributed by atoms with van der Waals surface area (Å²) in [5, 5.41) is 0. The second-order valence-corrected chi connectivity index (χ2v) is 5.65. The van der Waals surface area contributed by atoms with Gasteiger partial charge in [0.1, 0.15) is 5.82 Å². The summed E-state index contributed by atoms with van der Waals surface area (Å²) in [5.41, 5.74) is 7.27. The molecule has 0 bridgehead atoms. The molecule has 0 aromatic heterocycles. The minimum atomic E-state index is -0.200. The SMILES string of the molecule is CC(N)(Cc1cccc(F)c1)C1CCCCC1. The average molecular weight is 235 g/mol. The summed E-state index contributed by atoms with van der Waals surface area (Å²) in [6.07, 6.45) is 7.15. The van der Waals surface area contributed by atoms with Gasteiger partial charge in [-0.25, -0.2) is 4.39 Å². The Kier molecular flexibility index (Phi) is 3.82. The number of hydrogen-bond donors (Lipinski definition) is 1. The van der Waals surface area contributed by atoms with Crippen molar-refractivity contribution in [3.05, 3.63) is 35.6 Å². The van der Waals surface area contributed by atoms with Crippen molar-refractivity contribution in [2.75, 3.05) is 0 Å². The van der Waals surface area contributed by atoms with E-state index in [2.05, 4.69) is 6.92 Å². The molecule has 1 aliphatic carbocycles. The third-order valence-corrected chi connectivity index (χ3v) is 4.01. The molecule has 2 heteroatoms. The monoisotopic (exact) mass is 235 g/mol. The number of hydrogen-bond acceptors (Lipinski definition) is 1. The number of rotatable bonds is 3. The van der Waals surface area contributed by atoms with Crippen molar-refractivity contribution in [2.45, 2.75) is 51.0 Å². The van der Waals surface area contributed by atoms with Crippen LogP contribution in [-0.4, -0.2) is 5.54 Å². The molecule has 1 nitrogen and oxygen atoms in total. The number of nitrogens with two attached hydrogens (primary N) is 1. The molecule has 0 amide bonds. The molecule has 0 radical (unpaired) electrons.